The quantitative estimate of drug-likeness (QED) is 0.241. The molecule has 2 aromatic rings. The molecule has 0 radical (unpaired) electrons. The number of rotatable bonds is 8. The molecule has 138 valence electrons. The van der Waals surface area contributed by atoms with Gasteiger partial charge in [-0.2, -0.15) is 5.10 Å². The second-order valence-electron chi connectivity index (χ2n) is 4.88. The number of hydrogen-bond donors (Lipinski definition) is 3. The first-order valence-corrected chi connectivity index (χ1v) is 7.84. The molecule has 0 bridgehead atoms. The molecule has 1 heterocycles. The highest BCUT2D eigenvalue weighted by molar-refractivity contribution is 14.0. The molecule has 1 aromatic heterocycles. The van der Waals surface area contributed by atoms with Crippen molar-refractivity contribution in [3.05, 3.63) is 30.1 Å². The van der Waals surface area contributed by atoms with Crippen molar-refractivity contribution in [3.8, 4) is 17.1 Å². The zero-order chi connectivity index (χ0) is 17.2. The maximum Gasteiger partial charge on any atom is 0.191 e. The topological polar surface area (TPSA) is 96.4 Å². The van der Waals surface area contributed by atoms with E-state index in [4.69, 9.17) is 9.47 Å². The van der Waals surface area contributed by atoms with Crippen LogP contribution in [0, 0.1) is 0 Å². The third kappa shape index (κ3) is 6.86. The number of nitrogens with zero attached hydrogens (tertiary/aromatic N) is 3. The molecule has 25 heavy (non-hydrogen) atoms. The predicted octanol–water partition coefficient (Wildman–Crippen LogP) is 1.80. The van der Waals surface area contributed by atoms with E-state index in [9.17, 15) is 0 Å². The molecule has 8 nitrogen and oxygen atoms in total. The van der Waals surface area contributed by atoms with Crippen LogP contribution >= 0.6 is 24.0 Å². The SMILES string of the molecule is CCOCCNC(=NC)NCc1nc(-c2ccc(OC)cc2)n[nH]1.I. The molecule has 0 fully saturated rings. The summed E-state index contributed by atoms with van der Waals surface area (Å²) < 4.78 is 10.4. The minimum absolute atomic E-state index is 0. The second-order valence-corrected chi connectivity index (χ2v) is 4.88. The fraction of sp³-hybridized carbons (Fsp3) is 0.438. The van der Waals surface area contributed by atoms with E-state index in [1.165, 1.54) is 0 Å². The van der Waals surface area contributed by atoms with Crippen LogP contribution in [0.2, 0.25) is 0 Å². The van der Waals surface area contributed by atoms with E-state index in [1.54, 1.807) is 14.2 Å². The molecule has 9 heteroatoms. The summed E-state index contributed by atoms with van der Waals surface area (Å²) in [6, 6.07) is 7.61. The lowest BCUT2D eigenvalue weighted by atomic mass is 10.2. The van der Waals surface area contributed by atoms with Gasteiger partial charge in [-0.3, -0.25) is 10.1 Å². The molecule has 0 atom stereocenters. The summed E-state index contributed by atoms with van der Waals surface area (Å²) in [6.45, 7) is 4.51. The molecule has 0 unspecified atom stereocenters. The summed E-state index contributed by atoms with van der Waals surface area (Å²) in [7, 11) is 3.36. The van der Waals surface area contributed by atoms with Crippen LogP contribution < -0.4 is 15.4 Å². The van der Waals surface area contributed by atoms with Gasteiger partial charge in [0.1, 0.15) is 11.6 Å². The smallest absolute Gasteiger partial charge is 0.191 e. The van der Waals surface area contributed by atoms with Gasteiger partial charge in [0.05, 0.1) is 20.3 Å². The number of methoxy groups -OCH3 is 1. The number of guanidine groups is 1. The Balaban J connectivity index is 0.00000312. The van der Waals surface area contributed by atoms with Crippen LogP contribution in [0.5, 0.6) is 5.75 Å². The van der Waals surface area contributed by atoms with Crippen molar-refractivity contribution in [2.24, 2.45) is 4.99 Å². The van der Waals surface area contributed by atoms with Crippen molar-refractivity contribution in [3.63, 3.8) is 0 Å². The van der Waals surface area contributed by atoms with Crippen molar-refractivity contribution in [2.75, 3.05) is 33.9 Å². The summed E-state index contributed by atoms with van der Waals surface area (Å²) in [5, 5.41) is 13.5. The Hall–Kier alpha value is -1.88. The van der Waals surface area contributed by atoms with E-state index in [-0.39, 0.29) is 24.0 Å². The van der Waals surface area contributed by atoms with E-state index in [0.29, 0.717) is 38.1 Å². The first kappa shape index (κ1) is 21.2. The zero-order valence-corrected chi connectivity index (χ0v) is 17.0. The van der Waals surface area contributed by atoms with Gasteiger partial charge in [0.25, 0.3) is 0 Å². The second kappa shape index (κ2) is 11.6. The van der Waals surface area contributed by atoms with Crippen molar-refractivity contribution in [2.45, 2.75) is 13.5 Å². The molecule has 2 rings (SSSR count). The van der Waals surface area contributed by atoms with E-state index >= 15 is 0 Å². The predicted molar refractivity (Wildman–Crippen MR) is 108 cm³/mol. The van der Waals surface area contributed by atoms with Gasteiger partial charge >= 0.3 is 0 Å². The van der Waals surface area contributed by atoms with Crippen LogP contribution in [0.15, 0.2) is 29.3 Å². The number of aromatic amines is 1. The fourth-order valence-electron chi connectivity index (χ4n) is 2.02. The molecule has 0 saturated heterocycles. The van der Waals surface area contributed by atoms with Gasteiger partial charge in [0.2, 0.25) is 0 Å². The summed E-state index contributed by atoms with van der Waals surface area (Å²) in [4.78, 5) is 8.62. The van der Waals surface area contributed by atoms with E-state index < -0.39 is 0 Å². The Morgan fingerprint density at radius 3 is 2.64 bits per heavy atom. The van der Waals surface area contributed by atoms with Gasteiger partial charge in [-0.25, -0.2) is 4.98 Å². The maximum absolute atomic E-state index is 5.28. The van der Waals surface area contributed by atoms with Gasteiger partial charge in [0.15, 0.2) is 11.8 Å². The lowest BCUT2D eigenvalue weighted by Crippen LogP contribution is -2.38. The van der Waals surface area contributed by atoms with Crippen molar-refractivity contribution < 1.29 is 9.47 Å². The number of aromatic nitrogens is 3. The Morgan fingerprint density at radius 2 is 2.00 bits per heavy atom. The maximum atomic E-state index is 5.28. The van der Waals surface area contributed by atoms with Crippen molar-refractivity contribution >= 4 is 29.9 Å². The monoisotopic (exact) mass is 460 g/mol. The van der Waals surface area contributed by atoms with Crippen LogP contribution in [0.4, 0.5) is 0 Å². The highest BCUT2D eigenvalue weighted by Crippen LogP contribution is 2.18. The van der Waals surface area contributed by atoms with Crippen molar-refractivity contribution in [1.82, 2.24) is 25.8 Å². The standard InChI is InChI=1S/C16H24N6O2.HI/c1-4-24-10-9-18-16(17-2)19-11-14-20-15(22-21-14)12-5-7-13(23-3)8-6-12;/h5-8H,4,9-11H2,1-3H3,(H2,17,18,19)(H,20,21,22);1H. The minimum atomic E-state index is 0. The van der Waals surface area contributed by atoms with E-state index in [1.807, 2.05) is 31.2 Å². The molecular weight excluding hydrogens is 435 g/mol. The van der Waals surface area contributed by atoms with E-state index in [2.05, 4.69) is 30.8 Å². The summed E-state index contributed by atoms with van der Waals surface area (Å²) >= 11 is 0. The van der Waals surface area contributed by atoms with Gasteiger partial charge < -0.3 is 20.1 Å². The van der Waals surface area contributed by atoms with Crippen LogP contribution in [-0.2, 0) is 11.3 Å². The fourth-order valence-corrected chi connectivity index (χ4v) is 2.02. The Kier molecular flexibility index (Phi) is 9.85. The number of benzene rings is 1. The highest BCUT2D eigenvalue weighted by Gasteiger charge is 2.07. The van der Waals surface area contributed by atoms with Crippen molar-refractivity contribution in [1.29, 1.82) is 0 Å². The first-order chi connectivity index (χ1) is 11.8. The molecule has 0 saturated carbocycles. The zero-order valence-electron chi connectivity index (χ0n) is 14.7. The van der Waals surface area contributed by atoms with Crippen LogP contribution in [0.3, 0.4) is 0 Å². The number of halogens is 1. The lowest BCUT2D eigenvalue weighted by Gasteiger charge is -2.10. The number of aliphatic imine (C=N–C) groups is 1. The molecule has 0 spiro atoms. The minimum Gasteiger partial charge on any atom is -0.497 e. The number of ether oxygens (including phenoxy) is 2. The molecule has 3 N–H and O–H groups in total. The molecule has 0 aliphatic rings. The Labute approximate surface area is 164 Å². The number of nitrogens with one attached hydrogen (secondary N) is 3. The largest absolute Gasteiger partial charge is 0.497 e. The number of hydrogen-bond acceptors (Lipinski definition) is 5. The molecule has 0 aliphatic carbocycles. The van der Waals surface area contributed by atoms with Gasteiger partial charge in [-0.1, -0.05) is 0 Å². The van der Waals surface area contributed by atoms with Crippen LogP contribution in [-0.4, -0.2) is 55.1 Å². The van der Waals surface area contributed by atoms with Gasteiger partial charge in [-0.05, 0) is 31.2 Å². The molecule has 0 amide bonds. The highest BCUT2D eigenvalue weighted by atomic mass is 127. The average Bonchev–Trinajstić information content (AvgIpc) is 3.10. The summed E-state index contributed by atoms with van der Waals surface area (Å²) in [5.41, 5.74) is 0.928. The van der Waals surface area contributed by atoms with Crippen LogP contribution in [0.1, 0.15) is 12.7 Å². The third-order valence-electron chi connectivity index (χ3n) is 3.27. The van der Waals surface area contributed by atoms with E-state index in [0.717, 1.165) is 17.1 Å². The summed E-state index contributed by atoms with van der Waals surface area (Å²) in [6.07, 6.45) is 0. The van der Waals surface area contributed by atoms with Crippen LogP contribution in [0.25, 0.3) is 11.4 Å². The Morgan fingerprint density at radius 1 is 1.24 bits per heavy atom. The van der Waals surface area contributed by atoms with Gasteiger partial charge in [0, 0.05) is 25.8 Å². The first-order valence-electron chi connectivity index (χ1n) is 7.84. The van der Waals surface area contributed by atoms with Gasteiger partial charge in [-0.15, -0.1) is 24.0 Å². The molecular formula is C16H25IN6O2. The number of H-pyrrole nitrogens is 1. The average molecular weight is 460 g/mol. The normalized spacial score (nSPS) is 10.9. The third-order valence-corrected chi connectivity index (χ3v) is 3.27. The summed E-state index contributed by atoms with van der Waals surface area (Å²) in [5.74, 6) is 2.87. The Bertz CT molecular complexity index is 644. The lowest BCUT2D eigenvalue weighted by molar-refractivity contribution is 0.152. The molecule has 1 aromatic carbocycles. The molecule has 0 aliphatic heterocycles.